The summed E-state index contributed by atoms with van der Waals surface area (Å²) in [7, 11) is 0. The van der Waals surface area contributed by atoms with E-state index in [4.69, 9.17) is 5.73 Å². The number of carbonyl (C=O) groups is 1. The molecule has 1 fully saturated rings. The second-order valence-corrected chi connectivity index (χ2v) is 5.29. The van der Waals surface area contributed by atoms with Crippen LogP contribution in [0, 0.1) is 5.92 Å². The molecule has 1 saturated heterocycles. The van der Waals surface area contributed by atoms with Gasteiger partial charge in [-0.1, -0.05) is 6.92 Å². The van der Waals surface area contributed by atoms with Crippen molar-refractivity contribution in [2.24, 2.45) is 5.92 Å². The first-order valence-corrected chi connectivity index (χ1v) is 6.87. The van der Waals surface area contributed by atoms with Crippen LogP contribution in [0.15, 0.2) is 18.5 Å². The van der Waals surface area contributed by atoms with E-state index in [2.05, 4.69) is 22.1 Å². The molecule has 1 unspecified atom stereocenters. The van der Waals surface area contributed by atoms with Gasteiger partial charge < -0.3 is 16.0 Å². The molecule has 2 rings (SSSR count). The van der Waals surface area contributed by atoms with E-state index < -0.39 is 0 Å². The van der Waals surface area contributed by atoms with Crippen LogP contribution < -0.4 is 11.1 Å². The largest absolute Gasteiger partial charge is 0.398 e. The van der Waals surface area contributed by atoms with Crippen molar-refractivity contribution >= 4 is 11.6 Å². The van der Waals surface area contributed by atoms with E-state index in [9.17, 15) is 4.79 Å². The summed E-state index contributed by atoms with van der Waals surface area (Å²) in [5, 5.41) is 2.93. The Hall–Kier alpha value is -1.62. The Bertz CT molecular complexity index is 429. The lowest BCUT2D eigenvalue weighted by Gasteiger charge is -2.20. The van der Waals surface area contributed by atoms with Crippen molar-refractivity contribution in [2.75, 3.05) is 31.9 Å². The number of nitrogens with one attached hydrogen (secondary N) is 1. The first kappa shape index (κ1) is 13.8. The third-order valence-corrected chi connectivity index (χ3v) is 3.48. The van der Waals surface area contributed by atoms with Crippen molar-refractivity contribution < 1.29 is 4.79 Å². The van der Waals surface area contributed by atoms with Crippen LogP contribution in [-0.2, 0) is 0 Å². The number of amides is 1. The first-order chi connectivity index (χ1) is 9.16. The zero-order chi connectivity index (χ0) is 13.7. The number of hydrogen-bond donors (Lipinski definition) is 2. The lowest BCUT2D eigenvalue weighted by molar-refractivity contribution is 0.0945. The van der Waals surface area contributed by atoms with Crippen LogP contribution in [-0.4, -0.2) is 42.0 Å². The van der Waals surface area contributed by atoms with E-state index in [0.717, 1.165) is 6.54 Å². The summed E-state index contributed by atoms with van der Waals surface area (Å²) in [6.45, 7) is 6.25. The summed E-state index contributed by atoms with van der Waals surface area (Å²) in [5.74, 6) is 0.304. The van der Waals surface area contributed by atoms with Crippen LogP contribution >= 0.6 is 0 Å². The maximum Gasteiger partial charge on any atom is 0.254 e. The molecule has 1 aromatic heterocycles. The van der Waals surface area contributed by atoms with E-state index in [0.29, 0.717) is 23.7 Å². The number of likely N-dealkylation sites (tertiary alicyclic amines) is 1. The molecule has 0 aliphatic carbocycles. The van der Waals surface area contributed by atoms with Crippen molar-refractivity contribution in [3.05, 3.63) is 24.0 Å². The Morgan fingerprint density at radius 1 is 1.53 bits per heavy atom. The predicted octanol–water partition coefficient (Wildman–Crippen LogP) is 1.13. The predicted molar refractivity (Wildman–Crippen MR) is 75.8 cm³/mol. The summed E-state index contributed by atoms with van der Waals surface area (Å²) in [5.41, 5.74) is 6.68. The third-order valence-electron chi connectivity index (χ3n) is 3.48. The van der Waals surface area contributed by atoms with Gasteiger partial charge in [-0.3, -0.25) is 9.78 Å². The summed E-state index contributed by atoms with van der Waals surface area (Å²) in [4.78, 5) is 18.3. The lowest BCUT2D eigenvalue weighted by Crippen LogP contribution is -2.34. The molecule has 0 radical (unpaired) electrons. The quantitative estimate of drug-likeness (QED) is 0.834. The Morgan fingerprint density at radius 2 is 2.26 bits per heavy atom. The molecule has 0 bridgehead atoms. The number of nitrogens with two attached hydrogens (primary N) is 1. The van der Waals surface area contributed by atoms with E-state index in [1.807, 2.05) is 0 Å². The maximum atomic E-state index is 12.0. The number of rotatable bonds is 5. The monoisotopic (exact) mass is 262 g/mol. The molecule has 1 aliphatic rings. The fraction of sp³-hybridized carbons (Fsp3) is 0.571. The highest BCUT2D eigenvalue weighted by atomic mass is 16.1. The number of anilines is 1. The van der Waals surface area contributed by atoms with Crippen molar-refractivity contribution in [1.82, 2.24) is 15.2 Å². The van der Waals surface area contributed by atoms with Gasteiger partial charge in [0.05, 0.1) is 5.56 Å². The van der Waals surface area contributed by atoms with Gasteiger partial charge in [0.15, 0.2) is 0 Å². The molecule has 0 spiro atoms. The summed E-state index contributed by atoms with van der Waals surface area (Å²) in [6.07, 6.45) is 5.69. The number of aromatic nitrogens is 1. The van der Waals surface area contributed by atoms with Crippen LogP contribution in [0.1, 0.15) is 30.1 Å². The zero-order valence-corrected chi connectivity index (χ0v) is 11.4. The number of hydrogen-bond acceptors (Lipinski definition) is 4. The number of nitrogens with zero attached hydrogens (tertiary/aromatic N) is 2. The normalized spacial score (nSPS) is 17.3. The third kappa shape index (κ3) is 3.92. The van der Waals surface area contributed by atoms with Crippen molar-refractivity contribution in [2.45, 2.75) is 19.8 Å². The Kier molecular flexibility index (Phi) is 4.74. The lowest BCUT2D eigenvalue weighted by atomic mass is 10.1. The molecule has 1 aliphatic heterocycles. The van der Waals surface area contributed by atoms with E-state index >= 15 is 0 Å². The minimum absolute atomic E-state index is 0.140. The second-order valence-electron chi connectivity index (χ2n) is 5.29. The minimum atomic E-state index is -0.140. The van der Waals surface area contributed by atoms with Gasteiger partial charge in [-0.25, -0.2) is 0 Å². The highest BCUT2D eigenvalue weighted by molar-refractivity contribution is 5.98. The molecule has 0 aromatic carbocycles. The first-order valence-electron chi connectivity index (χ1n) is 6.87. The molecular formula is C14H22N4O. The molecule has 1 atom stereocenters. The van der Waals surface area contributed by atoms with E-state index in [1.165, 1.54) is 32.1 Å². The van der Waals surface area contributed by atoms with Crippen LogP contribution in [0.3, 0.4) is 0 Å². The van der Waals surface area contributed by atoms with Gasteiger partial charge in [-0.2, -0.15) is 0 Å². The average molecular weight is 262 g/mol. The van der Waals surface area contributed by atoms with Crippen LogP contribution in [0.4, 0.5) is 5.69 Å². The van der Waals surface area contributed by atoms with E-state index in [1.54, 1.807) is 12.3 Å². The SMILES string of the molecule is CC(CNC(=O)c1cnccc1N)CN1CCCC1. The highest BCUT2D eigenvalue weighted by Gasteiger charge is 2.16. The van der Waals surface area contributed by atoms with Gasteiger partial charge in [0, 0.05) is 31.2 Å². The fourth-order valence-electron chi connectivity index (χ4n) is 2.43. The molecule has 3 N–H and O–H groups in total. The Balaban J connectivity index is 1.78. The molecule has 1 aromatic rings. The van der Waals surface area contributed by atoms with Gasteiger partial charge in [0.1, 0.15) is 0 Å². The number of nitrogen functional groups attached to an aromatic ring is 1. The molecule has 5 nitrogen and oxygen atoms in total. The summed E-state index contributed by atoms with van der Waals surface area (Å²) < 4.78 is 0. The number of carbonyl (C=O) groups excluding carboxylic acids is 1. The molecule has 2 heterocycles. The molecule has 5 heteroatoms. The average Bonchev–Trinajstić information content (AvgIpc) is 2.89. The summed E-state index contributed by atoms with van der Waals surface area (Å²) >= 11 is 0. The van der Waals surface area contributed by atoms with Gasteiger partial charge in [-0.05, 0) is 37.9 Å². The zero-order valence-electron chi connectivity index (χ0n) is 11.4. The maximum absolute atomic E-state index is 12.0. The van der Waals surface area contributed by atoms with Gasteiger partial charge in [0.2, 0.25) is 0 Å². The summed E-state index contributed by atoms with van der Waals surface area (Å²) in [6, 6.07) is 1.64. The second kappa shape index (κ2) is 6.52. The Morgan fingerprint density at radius 3 is 2.95 bits per heavy atom. The Labute approximate surface area is 114 Å². The smallest absolute Gasteiger partial charge is 0.254 e. The molecule has 104 valence electrons. The molecule has 0 saturated carbocycles. The van der Waals surface area contributed by atoms with Gasteiger partial charge in [-0.15, -0.1) is 0 Å². The van der Waals surface area contributed by atoms with Gasteiger partial charge in [0.25, 0.3) is 5.91 Å². The number of pyridine rings is 1. The fourth-order valence-corrected chi connectivity index (χ4v) is 2.43. The molecule has 1 amide bonds. The topological polar surface area (TPSA) is 71.2 Å². The molecule has 19 heavy (non-hydrogen) atoms. The van der Waals surface area contributed by atoms with Crippen molar-refractivity contribution in [3.63, 3.8) is 0 Å². The molecular weight excluding hydrogens is 240 g/mol. The van der Waals surface area contributed by atoms with Crippen molar-refractivity contribution in [1.29, 1.82) is 0 Å². The minimum Gasteiger partial charge on any atom is -0.398 e. The van der Waals surface area contributed by atoms with Crippen LogP contribution in [0.2, 0.25) is 0 Å². The van der Waals surface area contributed by atoms with Gasteiger partial charge >= 0.3 is 0 Å². The van der Waals surface area contributed by atoms with Crippen LogP contribution in [0.25, 0.3) is 0 Å². The van der Waals surface area contributed by atoms with Crippen LogP contribution in [0.5, 0.6) is 0 Å². The van der Waals surface area contributed by atoms with E-state index in [-0.39, 0.29) is 5.91 Å². The standard InChI is InChI=1S/C14H22N4O/c1-11(10-18-6-2-3-7-18)8-17-14(19)12-9-16-5-4-13(12)15/h4-5,9,11H,2-3,6-8,10H2,1H3,(H2,15,16)(H,17,19). The highest BCUT2D eigenvalue weighted by Crippen LogP contribution is 2.11. The van der Waals surface area contributed by atoms with Crippen molar-refractivity contribution in [3.8, 4) is 0 Å².